The van der Waals surface area contributed by atoms with E-state index in [1.807, 2.05) is 32.9 Å². The summed E-state index contributed by atoms with van der Waals surface area (Å²) in [5.41, 5.74) is 1.04. The topological polar surface area (TPSA) is 80.0 Å². The summed E-state index contributed by atoms with van der Waals surface area (Å²) in [6, 6.07) is 8.46. The van der Waals surface area contributed by atoms with E-state index >= 15 is 0 Å². The van der Waals surface area contributed by atoms with Gasteiger partial charge in [-0.2, -0.15) is 5.26 Å². The number of hydrogen-bond acceptors (Lipinski definition) is 4. The van der Waals surface area contributed by atoms with Gasteiger partial charge in [0.05, 0.1) is 17.0 Å². The number of rotatable bonds is 4. The molecule has 1 amide bonds. The monoisotopic (exact) mass is 398 g/mol. The predicted octanol–water partition coefficient (Wildman–Crippen LogP) is 4.23. The number of hydrogen-bond donors (Lipinski definition) is 2. The quantitative estimate of drug-likeness (QED) is 0.809. The van der Waals surface area contributed by atoms with Gasteiger partial charge in [0.1, 0.15) is 11.9 Å². The molecule has 3 rings (SSSR count). The number of nitriles is 1. The summed E-state index contributed by atoms with van der Waals surface area (Å²) in [6.45, 7) is 5.98. The Hall–Kier alpha value is -2.72. The van der Waals surface area contributed by atoms with Gasteiger partial charge in [-0.25, -0.2) is 4.39 Å². The molecule has 0 radical (unpaired) electrons. The molecular weight excluding hydrogens is 375 g/mol. The lowest BCUT2D eigenvalue weighted by molar-refractivity contribution is -0.135. The summed E-state index contributed by atoms with van der Waals surface area (Å²) in [6.07, 6.45) is 1.42. The van der Waals surface area contributed by atoms with Gasteiger partial charge in [0.25, 0.3) is 0 Å². The first-order valence-electron chi connectivity index (χ1n) is 9.24. The van der Waals surface area contributed by atoms with Gasteiger partial charge in [0.15, 0.2) is 5.96 Å². The zero-order valence-corrected chi connectivity index (χ0v) is 17.2. The van der Waals surface area contributed by atoms with Crippen molar-refractivity contribution in [2.24, 2.45) is 5.92 Å². The van der Waals surface area contributed by atoms with Gasteiger partial charge in [-0.05, 0) is 49.1 Å². The highest BCUT2D eigenvalue weighted by atomic mass is 32.1. The molecule has 0 unspecified atom stereocenters. The number of halogens is 1. The molecule has 5 nitrogen and oxygen atoms in total. The Balaban J connectivity index is 2.13. The average molecular weight is 399 g/mol. The maximum absolute atomic E-state index is 13.7. The van der Waals surface area contributed by atoms with Gasteiger partial charge in [-0.15, -0.1) is 11.3 Å². The third kappa shape index (κ3) is 3.08. The van der Waals surface area contributed by atoms with Crippen molar-refractivity contribution in [3.05, 3.63) is 45.4 Å². The molecule has 2 aromatic rings. The molecule has 1 aromatic carbocycles. The van der Waals surface area contributed by atoms with Crippen LogP contribution >= 0.6 is 11.3 Å². The second-order valence-corrected chi connectivity index (χ2v) is 8.28. The molecule has 2 atom stereocenters. The first-order chi connectivity index (χ1) is 13.3. The fourth-order valence-corrected chi connectivity index (χ4v) is 5.07. The van der Waals surface area contributed by atoms with E-state index in [0.717, 1.165) is 27.3 Å². The molecule has 1 fully saturated rings. The molecule has 0 aliphatic carbocycles. The van der Waals surface area contributed by atoms with E-state index in [1.165, 1.54) is 11.0 Å². The van der Waals surface area contributed by atoms with Gasteiger partial charge >= 0.3 is 0 Å². The van der Waals surface area contributed by atoms with Crippen LogP contribution in [0.25, 0.3) is 11.1 Å². The lowest BCUT2D eigenvalue weighted by atomic mass is 9.79. The Kier molecular flexibility index (Phi) is 5.26. The van der Waals surface area contributed by atoms with Gasteiger partial charge in [0.2, 0.25) is 5.91 Å². The van der Waals surface area contributed by atoms with Gasteiger partial charge in [-0.3, -0.25) is 15.1 Å². The fourth-order valence-electron chi connectivity index (χ4n) is 3.79. The molecule has 146 valence electrons. The standard InChI is InChI=1S/C21H23FN4OS/c1-5-15-19(27)26(4)20(24)25-21(15,3)18-10-14(17(6-2)28-18)12-7-8-16(22)13(9-12)11-23/h7-10,15H,5-6H2,1-4H3,(H2,24,25)/t15-,21-/m0/s1. The van der Waals surface area contributed by atoms with E-state index in [0.29, 0.717) is 6.42 Å². The Morgan fingerprint density at radius 2 is 2.11 bits per heavy atom. The molecular formula is C21H23FN4OS. The first-order valence-corrected chi connectivity index (χ1v) is 10.1. The smallest absolute Gasteiger partial charge is 0.234 e. The highest BCUT2D eigenvalue weighted by Crippen LogP contribution is 2.43. The van der Waals surface area contributed by atoms with E-state index < -0.39 is 11.4 Å². The second-order valence-electron chi connectivity index (χ2n) is 7.14. The van der Waals surface area contributed by atoms with Crippen LogP contribution in [0.3, 0.4) is 0 Å². The minimum absolute atomic E-state index is 0.0133. The number of thiophene rings is 1. The summed E-state index contributed by atoms with van der Waals surface area (Å²) in [7, 11) is 1.61. The number of carbonyl (C=O) groups is 1. The van der Waals surface area contributed by atoms with Crippen molar-refractivity contribution in [3.8, 4) is 17.2 Å². The number of nitrogens with one attached hydrogen (secondary N) is 2. The lowest BCUT2D eigenvalue weighted by Gasteiger charge is -2.44. The Bertz CT molecular complexity index is 993. The summed E-state index contributed by atoms with van der Waals surface area (Å²) in [4.78, 5) is 16.2. The molecule has 0 spiro atoms. The number of aryl methyl sites for hydroxylation is 1. The SMILES string of the molecule is CCc1sc([C@@]2(C)NC(=N)N(C)C(=O)[C@@H]2CC)cc1-c1ccc(F)c(C#N)c1. The Labute approximate surface area is 168 Å². The molecule has 1 saturated heterocycles. The van der Waals surface area contributed by atoms with Crippen LogP contribution in [0.2, 0.25) is 0 Å². The van der Waals surface area contributed by atoms with Crippen molar-refractivity contribution in [2.45, 2.75) is 39.2 Å². The summed E-state index contributed by atoms with van der Waals surface area (Å²) in [5, 5.41) is 20.5. The van der Waals surface area contributed by atoms with Crippen LogP contribution in [0.5, 0.6) is 0 Å². The van der Waals surface area contributed by atoms with Crippen molar-refractivity contribution in [1.82, 2.24) is 10.2 Å². The molecule has 28 heavy (non-hydrogen) atoms. The average Bonchev–Trinajstić information content (AvgIpc) is 3.12. The predicted molar refractivity (Wildman–Crippen MR) is 109 cm³/mol. The molecule has 0 saturated carbocycles. The van der Waals surface area contributed by atoms with Gasteiger partial charge in [0, 0.05) is 16.8 Å². The third-order valence-electron chi connectivity index (χ3n) is 5.49. The molecule has 1 aliphatic heterocycles. The third-order valence-corrected chi connectivity index (χ3v) is 7.00. The highest BCUT2D eigenvalue weighted by molar-refractivity contribution is 7.12. The number of benzene rings is 1. The van der Waals surface area contributed by atoms with Crippen molar-refractivity contribution in [2.75, 3.05) is 7.05 Å². The first kappa shape index (κ1) is 20.0. The van der Waals surface area contributed by atoms with Crippen molar-refractivity contribution >= 4 is 23.2 Å². The number of nitrogens with zero attached hydrogens (tertiary/aromatic N) is 2. The number of amides is 1. The fraction of sp³-hybridized carbons (Fsp3) is 0.381. The van der Waals surface area contributed by atoms with E-state index in [1.54, 1.807) is 30.5 Å². The molecule has 7 heteroatoms. The highest BCUT2D eigenvalue weighted by Gasteiger charge is 2.47. The van der Waals surface area contributed by atoms with Crippen LogP contribution in [-0.4, -0.2) is 23.8 Å². The zero-order valence-electron chi connectivity index (χ0n) is 16.4. The van der Waals surface area contributed by atoms with E-state index in [9.17, 15) is 9.18 Å². The van der Waals surface area contributed by atoms with Gasteiger partial charge < -0.3 is 5.32 Å². The van der Waals surface area contributed by atoms with Crippen molar-refractivity contribution < 1.29 is 9.18 Å². The normalized spacial score (nSPS) is 22.1. The van der Waals surface area contributed by atoms with Crippen LogP contribution < -0.4 is 5.32 Å². The summed E-state index contributed by atoms with van der Waals surface area (Å²) < 4.78 is 13.7. The molecule has 0 bridgehead atoms. The Morgan fingerprint density at radius 1 is 1.39 bits per heavy atom. The maximum atomic E-state index is 13.7. The van der Waals surface area contributed by atoms with E-state index in [-0.39, 0.29) is 23.3 Å². The summed E-state index contributed by atoms with van der Waals surface area (Å²) in [5.74, 6) is -0.825. The van der Waals surface area contributed by atoms with Crippen LogP contribution in [0.1, 0.15) is 42.5 Å². The zero-order chi connectivity index (χ0) is 20.6. The van der Waals surface area contributed by atoms with Crippen LogP contribution in [0.4, 0.5) is 4.39 Å². The van der Waals surface area contributed by atoms with Crippen molar-refractivity contribution in [3.63, 3.8) is 0 Å². The largest absolute Gasteiger partial charge is 0.345 e. The molecule has 1 aromatic heterocycles. The van der Waals surface area contributed by atoms with Crippen LogP contribution in [0.15, 0.2) is 24.3 Å². The molecule has 2 heterocycles. The van der Waals surface area contributed by atoms with Crippen molar-refractivity contribution in [1.29, 1.82) is 10.7 Å². The second kappa shape index (κ2) is 7.36. The van der Waals surface area contributed by atoms with E-state index in [2.05, 4.69) is 5.32 Å². The van der Waals surface area contributed by atoms with E-state index in [4.69, 9.17) is 10.7 Å². The number of carbonyl (C=O) groups excluding carboxylic acids is 1. The molecule has 2 N–H and O–H groups in total. The lowest BCUT2D eigenvalue weighted by Crippen LogP contribution is -2.63. The van der Waals surface area contributed by atoms with Crippen LogP contribution in [0, 0.1) is 28.5 Å². The Morgan fingerprint density at radius 3 is 2.71 bits per heavy atom. The maximum Gasteiger partial charge on any atom is 0.234 e. The number of guanidine groups is 1. The van der Waals surface area contributed by atoms with Gasteiger partial charge in [-0.1, -0.05) is 19.9 Å². The summed E-state index contributed by atoms with van der Waals surface area (Å²) >= 11 is 1.60. The molecule has 1 aliphatic rings. The minimum Gasteiger partial charge on any atom is -0.345 e. The van der Waals surface area contributed by atoms with Crippen LogP contribution in [-0.2, 0) is 16.8 Å². The minimum atomic E-state index is -0.694.